The first-order valence-corrected chi connectivity index (χ1v) is 16.9. The summed E-state index contributed by atoms with van der Waals surface area (Å²) in [4.78, 5) is 5.47. The molecule has 0 aliphatic heterocycles. The molecule has 49 heavy (non-hydrogen) atoms. The molecule has 0 saturated carbocycles. The molecule has 0 spiro atoms. The number of nitrogens with zero attached hydrogens (tertiary/aromatic N) is 1. The van der Waals surface area contributed by atoms with Gasteiger partial charge in [0.05, 0.1) is 11.8 Å². The number of benzene rings is 6. The summed E-state index contributed by atoms with van der Waals surface area (Å²) in [7, 11) is 0. The molecule has 236 valence electrons. The number of fused-ring (bicyclic) bond motifs is 8. The summed E-state index contributed by atoms with van der Waals surface area (Å²) in [5.74, 6) is 0.945. The molecule has 0 amide bonds. The van der Waals surface area contributed by atoms with E-state index in [2.05, 4.69) is 110 Å². The Hall–Kier alpha value is -6.13. The van der Waals surface area contributed by atoms with Crippen molar-refractivity contribution in [2.24, 2.45) is 10.7 Å². The topological polar surface area (TPSA) is 64.7 Å². The van der Waals surface area contributed by atoms with Gasteiger partial charge in [0, 0.05) is 38.4 Å². The lowest BCUT2D eigenvalue weighted by molar-refractivity contribution is 0.595. The summed E-state index contributed by atoms with van der Waals surface area (Å²) >= 11 is 0. The van der Waals surface area contributed by atoms with Crippen molar-refractivity contribution in [3.05, 3.63) is 168 Å². The van der Waals surface area contributed by atoms with E-state index >= 15 is 0 Å². The SMILES string of the molecule is CC(N=C(/C=C(\N)c1ccccc1)c1ccc2c(c1)oc1c3ccccc3ccc21)c1cc(-c2ccccc2)cc2oc3c(c12)CCC=C3. The highest BCUT2D eigenvalue weighted by Gasteiger charge is 2.22. The fourth-order valence-electron chi connectivity index (χ4n) is 7.27. The second-order valence-corrected chi connectivity index (χ2v) is 12.8. The first-order chi connectivity index (χ1) is 24.1. The van der Waals surface area contributed by atoms with Crippen molar-refractivity contribution >= 4 is 61.2 Å². The molecule has 2 aromatic heterocycles. The predicted octanol–water partition coefficient (Wildman–Crippen LogP) is 11.7. The zero-order valence-corrected chi connectivity index (χ0v) is 27.2. The van der Waals surface area contributed by atoms with Gasteiger partial charge in [-0.15, -0.1) is 0 Å². The van der Waals surface area contributed by atoms with Crippen LogP contribution in [0.1, 0.15) is 47.4 Å². The Labute approximate surface area is 284 Å². The first-order valence-electron chi connectivity index (χ1n) is 16.9. The molecule has 2 N–H and O–H groups in total. The van der Waals surface area contributed by atoms with Crippen LogP contribution in [0.5, 0.6) is 0 Å². The van der Waals surface area contributed by atoms with Crippen LogP contribution in [0.3, 0.4) is 0 Å². The molecule has 9 rings (SSSR count). The highest BCUT2D eigenvalue weighted by Crippen LogP contribution is 2.40. The van der Waals surface area contributed by atoms with E-state index < -0.39 is 0 Å². The van der Waals surface area contributed by atoms with Gasteiger partial charge in [0.25, 0.3) is 0 Å². The number of allylic oxidation sites excluding steroid dienone is 2. The van der Waals surface area contributed by atoms with E-state index in [-0.39, 0.29) is 6.04 Å². The Kier molecular flexibility index (Phi) is 7.02. The average Bonchev–Trinajstić information content (AvgIpc) is 3.73. The third kappa shape index (κ3) is 5.13. The van der Waals surface area contributed by atoms with Crippen molar-refractivity contribution in [3.63, 3.8) is 0 Å². The molecule has 4 nitrogen and oxygen atoms in total. The van der Waals surface area contributed by atoms with Crippen LogP contribution in [-0.2, 0) is 6.42 Å². The van der Waals surface area contributed by atoms with Crippen LogP contribution in [0.2, 0.25) is 0 Å². The zero-order valence-electron chi connectivity index (χ0n) is 27.2. The van der Waals surface area contributed by atoms with Crippen LogP contribution in [-0.4, -0.2) is 5.71 Å². The molecule has 1 aliphatic carbocycles. The zero-order chi connectivity index (χ0) is 32.9. The number of aryl methyl sites for hydroxylation is 1. The molecule has 2 heterocycles. The van der Waals surface area contributed by atoms with E-state index in [0.29, 0.717) is 5.70 Å². The Bertz CT molecular complexity index is 2620. The van der Waals surface area contributed by atoms with Gasteiger partial charge in [0.15, 0.2) is 0 Å². The van der Waals surface area contributed by atoms with E-state index in [1.165, 1.54) is 5.56 Å². The quantitative estimate of drug-likeness (QED) is 0.185. The Morgan fingerprint density at radius 1 is 0.714 bits per heavy atom. The highest BCUT2D eigenvalue weighted by atomic mass is 16.3. The van der Waals surface area contributed by atoms with Crippen molar-refractivity contribution in [1.82, 2.24) is 0 Å². The van der Waals surface area contributed by atoms with Gasteiger partial charge >= 0.3 is 0 Å². The number of hydrogen-bond donors (Lipinski definition) is 1. The lowest BCUT2D eigenvalue weighted by atomic mass is 9.92. The number of aliphatic imine (C=N–C) groups is 1. The molecule has 8 aromatic rings. The molecule has 0 saturated heterocycles. The number of nitrogens with two attached hydrogens (primary N) is 1. The Balaban J connectivity index is 1.24. The van der Waals surface area contributed by atoms with Gasteiger partial charge < -0.3 is 14.6 Å². The second kappa shape index (κ2) is 11.8. The fourth-order valence-corrected chi connectivity index (χ4v) is 7.27. The molecule has 6 aromatic carbocycles. The lowest BCUT2D eigenvalue weighted by Gasteiger charge is -2.15. The third-order valence-corrected chi connectivity index (χ3v) is 9.73. The Morgan fingerprint density at radius 3 is 2.35 bits per heavy atom. The maximum Gasteiger partial charge on any atom is 0.143 e. The maximum absolute atomic E-state index is 6.78. The van der Waals surface area contributed by atoms with E-state index in [4.69, 9.17) is 19.6 Å². The summed E-state index contributed by atoms with van der Waals surface area (Å²) in [6.45, 7) is 2.17. The van der Waals surface area contributed by atoms with Crippen LogP contribution >= 0.6 is 0 Å². The van der Waals surface area contributed by atoms with Gasteiger partial charge in [-0.3, -0.25) is 4.99 Å². The average molecular weight is 635 g/mol. The monoisotopic (exact) mass is 634 g/mol. The summed E-state index contributed by atoms with van der Waals surface area (Å²) in [6, 6.07) is 43.8. The van der Waals surface area contributed by atoms with Gasteiger partial charge in [-0.05, 0) is 89.9 Å². The van der Waals surface area contributed by atoms with Crippen molar-refractivity contribution in [2.45, 2.75) is 25.8 Å². The van der Waals surface area contributed by atoms with Crippen LogP contribution < -0.4 is 5.73 Å². The van der Waals surface area contributed by atoms with Gasteiger partial charge in [0.2, 0.25) is 0 Å². The minimum absolute atomic E-state index is 0.205. The summed E-state index contributed by atoms with van der Waals surface area (Å²) < 4.78 is 13.1. The van der Waals surface area contributed by atoms with Crippen LogP contribution in [0.4, 0.5) is 0 Å². The number of hydrogen-bond acceptors (Lipinski definition) is 4. The van der Waals surface area contributed by atoms with Crippen molar-refractivity contribution in [2.75, 3.05) is 0 Å². The van der Waals surface area contributed by atoms with Crippen LogP contribution in [0, 0.1) is 0 Å². The standard InChI is InChI=1S/C45H34N2O2/c1-28(38-24-33(29-12-4-2-5-13-29)26-43-44(38)37-18-10-11-19-41(37)48-43)47-40(27-39(46)31-15-6-3-7-16-31)32-21-22-35-36-23-20-30-14-8-9-17-34(30)45(36)49-42(35)25-32/h2-9,11-17,19-28H,10,18,46H2,1H3/b39-27-,47-40?. The smallest absolute Gasteiger partial charge is 0.143 e. The predicted molar refractivity (Wildman–Crippen MR) is 204 cm³/mol. The van der Waals surface area contributed by atoms with Crippen molar-refractivity contribution in [1.29, 1.82) is 0 Å². The van der Waals surface area contributed by atoms with Crippen LogP contribution in [0.25, 0.3) is 66.6 Å². The minimum atomic E-state index is -0.205. The number of rotatable bonds is 6. The molecule has 1 unspecified atom stereocenters. The molecular formula is C45H34N2O2. The van der Waals surface area contributed by atoms with E-state index in [0.717, 1.165) is 95.8 Å². The number of furan rings is 2. The molecule has 4 heteroatoms. The van der Waals surface area contributed by atoms with E-state index in [1.807, 2.05) is 42.5 Å². The first kappa shape index (κ1) is 29.0. The van der Waals surface area contributed by atoms with Gasteiger partial charge in [-0.25, -0.2) is 0 Å². The Morgan fingerprint density at radius 2 is 1.49 bits per heavy atom. The highest BCUT2D eigenvalue weighted by molar-refractivity contribution is 6.18. The van der Waals surface area contributed by atoms with Crippen LogP contribution in [0.15, 0.2) is 153 Å². The fraction of sp³-hybridized carbons (Fsp3) is 0.0889. The van der Waals surface area contributed by atoms with Crippen molar-refractivity contribution < 1.29 is 8.83 Å². The van der Waals surface area contributed by atoms with E-state index in [9.17, 15) is 0 Å². The molecular weight excluding hydrogens is 601 g/mol. The summed E-state index contributed by atoms with van der Waals surface area (Å²) in [6.07, 6.45) is 8.23. The minimum Gasteiger partial charge on any atom is -0.456 e. The third-order valence-electron chi connectivity index (χ3n) is 9.73. The normalized spacial score (nSPS) is 14.2. The molecule has 1 aliphatic rings. The van der Waals surface area contributed by atoms with Gasteiger partial charge in [-0.1, -0.05) is 103 Å². The largest absolute Gasteiger partial charge is 0.456 e. The molecule has 1 atom stereocenters. The molecule has 0 bridgehead atoms. The summed E-state index contributed by atoms with van der Waals surface area (Å²) in [5, 5.41) is 5.60. The van der Waals surface area contributed by atoms with Crippen molar-refractivity contribution in [3.8, 4) is 11.1 Å². The summed E-state index contributed by atoms with van der Waals surface area (Å²) in [5.41, 5.74) is 17.4. The maximum atomic E-state index is 6.78. The lowest BCUT2D eigenvalue weighted by Crippen LogP contribution is -2.06. The molecule has 0 fully saturated rings. The molecule has 0 radical (unpaired) electrons. The van der Waals surface area contributed by atoms with Gasteiger partial charge in [-0.2, -0.15) is 0 Å². The van der Waals surface area contributed by atoms with E-state index in [1.54, 1.807) is 0 Å². The van der Waals surface area contributed by atoms with Gasteiger partial charge in [0.1, 0.15) is 22.5 Å². The second-order valence-electron chi connectivity index (χ2n) is 12.8.